The first kappa shape index (κ1) is 18.8. The first-order valence-electron chi connectivity index (χ1n) is 9.57. The van der Waals surface area contributed by atoms with Gasteiger partial charge in [-0.25, -0.2) is 4.79 Å². The quantitative estimate of drug-likeness (QED) is 0.777. The molecule has 2 aromatic rings. The largest absolute Gasteiger partial charge is 0.486 e. The van der Waals surface area contributed by atoms with E-state index >= 15 is 0 Å². The van der Waals surface area contributed by atoms with Crippen molar-refractivity contribution in [2.75, 3.05) is 19.8 Å². The molecule has 2 heterocycles. The summed E-state index contributed by atoms with van der Waals surface area (Å²) in [5, 5.41) is 4.71. The standard InChI is InChI=1S/C21H23NO5S/c1-13(14-6-7-17-18(10-14)26-9-8-25-17)22-20(23)11-27-21(24)16-12-28-19-5-3-2-4-15(16)19/h6-7,10,12-13H,2-5,8-9,11H2,1H3,(H,22,23)/t13-/m0/s1. The fourth-order valence-corrected chi connectivity index (χ4v) is 4.68. The molecule has 1 aromatic carbocycles. The smallest absolute Gasteiger partial charge is 0.339 e. The van der Waals surface area contributed by atoms with Crippen LogP contribution in [-0.4, -0.2) is 31.7 Å². The van der Waals surface area contributed by atoms with Gasteiger partial charge in [0.2, 0.25) is 0 Å². The zero-order valence-corrected chi connectivity index (χ0v) is 16.6. The lowest BCUT2D eigenvalue weighted by Gasteiger charge is -2.21. The Kier molecular flexibility index (Phi) is 5.52. The molecule has 0 saturated carbocycles. The molecule has 0 fully saturated rings. The average Bonchev–Trinajstić information content (AvgIpc) is 3.16. The fraction of sp³-hybridized carbons (Fsp3) is 0.429. The number of hydrogen-bond donors (Lipinski definition) is 1. The van der Waals surface area contributed by atoms with Crippen molar-refractivity contribution >= 4 is 23.2 Å². The van der Waals surface area contributed by atoms with E-state index in [0.717, 1.165) is 30.4 Å². The predicted octanol–water partition coefficient (Wildman–Crippen LogP) is 3.43. The van der Waals surface area contributed by atoms with Gasteiger partial charge in [-0.3, -0.25) is 4.79 Å². The molecule has 0 saturated heterocycles. The molecule has 28 heavy (non-hydrogen) atoms. The van der Waals surface area contributed by atoms with Gasteiger partial charge < -0.3 is 19.5 Å². The van der Waals surface area contributed by atoms with Crippen molar-refractivity contribution < 1.29 is 23.8 Å². The summed E-state index contributed by atoms with van der Waals surface area (Å²) >= 11 is 1.61. The maximum atomic E-state index is 12.4. The van der Waals surface area contributed by atoms with Crippen LogP contribution in [0.4, 0.5) is 0 Å². The first-order valence-corrected chi connectivity index (χ1v) is 10.4. The maximum Gasteiger partial charge on any atom is 0.339 e. The van der Waals surface area contributed by atoms with Crippen molar-refractivity contribution in [3.63, 3.8) is 0 Å². The second kappa shape index (κ2) is 8.22. The lowest BCUT2D eigenvalue weighted by molar-refractivity contribution is -0.124. The molecule has 0 radical (unpaired) electrons. The number of ether oxygens (including phenoxy) is 3. The van der Waals surface area contributed by atoms with E-state index in [9.17, 15) is 9.59 Å². The summed E-state index contributed by atoms with van der Waals surface area (Å²) in [6, 6.07) is 5.35. The number of amides is 1. The monoisotopic (exact) mass is 401 g/mol. The summed E-state index contributed by atoms with van der Waals surface area (Å²) in [5.41, 5.74) is 2.62. The molecule has 0 spiro atoms. The highest BCUT2D eigenvalue weighted by Crippen LogP contribution is 2.33. The number of thiophene rings is 1. The van der Waals surface area contributed by atoms with Crippen LogP contribution in [0.1, 0.15) is 52.2 Å². The van der Waals surface area contributed by atoms with Gasteiger partial charge in [0.25, 0.3) is 5.91 Å². The number of esters is 1. The SMILES string of the molecule is C[C@H](NC(=O)COC(=O)c1csc2c1CCCC2)c1ccc2c(c1)OCCO2. The molecule has 1 N–H and O–H groups in total. The molecule has 1 aliphatic carbocycles. The molecule has 1 aliphatic heterocycles. The number of aryl methyl sites for hydroxylation is 1. The summed E-state index contributed by atoms with van der Waals surface area (Å²) in [6.45, 7) is 2.63. The highest BCUT2D eigenvalue weighted by Gasteiger charge is 2.22. The number of hydrogen-bond acceptors (Lipinski definition) is 6. The average molecular weight is 401 g/mol. The van der Waals surface area contributed by atoms with E-state index < -0.39 is 5.97 Å². The Morgan fingerprint density at radius 3 is 2.82 bits per heavy atom. The third-order valence-electron chi connectivity index (χ3n) is 5.06. The van der Waals surface area contributed by atoms with Crippen LogP contribution in [0.2, 0.25) is 0 Å². The minimum Gasteiger partial charge on any atom is -0.486 e. The second-order valence-electron chi connectivity index (χ2n) is 7.03. The molecule has 148 valence electrons. The molecule has 1 atom stereocenters. The van der Waals surface area contributed by atoms with Gasteiger partial charge in [0.1, 0.15) is 13.2 Å². The van der Waals surface area contributed by atoms with Crippen molar-refractivity contribution in [1.29, 1.82) is 0 Å². The molecule has 0 unspecified atom stereocenters. The normalized spacial score (nSPS) is 16.0. The summed E-state index contributed by atoms with van der Waals surface area (Å²) in [5.74, 6) is 0.640. The number of benzene rings is 1. The summed E-state index contributed by atoms with van der Waals surface area (Å²) < 4.78 is 16.3. The van der Waals surface area contributed by atoms with E-state index in [1.54, 1.807) is 11.3 Å². The van der Waals surface area contributed by atoms with Crippen LogP contribution in [0, 0.1) is 0 Å². The zero-order chi connectivity index (χ0) is 19.5. The second-order valence-corrected chi connectivity index (χ2v) is 7.99. The molecule has 0 bridgehead atoms. The van der Waals surface area contributed by atoms with Crippen molar-refractivity contribution in [1.82, 2.24) is 5.32 Å². The van der Waals surface area contributed by atoms with Gasteiger partial charge in [0.05, 0.1) is 11.6 Å². The van der Waals surface area contributed by atoms with Crippen LogP contribution < -0.4 is 14.8 Å². The Hall–Kier alpha value is -2.54. The molecule has 6 nitrogen and oxygen atoms in total. The van der Waals surface area contributed by atoms with Crippen LogP contribution in [-0.2, 0) is 22.4 Å². The lowest BCUT2D eigenvalue weighted by atomic mass is 9.96. The van der Waals surface area contributed by atoms with E-state index in [4.69, 9.17) is 14.2 Å². The lowest BCUT2D eigenvalue weighted by Crippen LogP contribution is -2.31. The van der Waals surface area contributed by atoms with E-state index in [1.165, 1.54) is 11.3 Å². The molecule has 4 rings (SSSR count). The van der Waals surface area contributed by atoms with E-state index in [2.05, 4.69) is 5.32 Å². The summed E-state index contributed by atoms with van der Waals surface area (Å²) in [6.07, 6.45) is 4.21. The Morgan fingerprint density at radius 2 is 1.96 bits per heavy atom. The highest BCUT2D eigenvalue weighted by atomic mass is 32.1. The van der Waals surface area contributed by atoms with Crippen molar-refractivity contribution in [3.8, 4) is 11.5 Å². The number of rotatable bonds is 5. The Balaban J connectivity index is 1.32. The number of nitrogens with one attached hydrogen (secondary N) is 1. The van der Waals surface area contributed by atoms with Crippen LogP contribution in [0.25, 0.3) is 0 Å². The van der Waals surface area contributed by atoms with Crippen LogP contribution in [0.5, 0.6) is 11.5 Å². The van der Waals surface area contributed by atoms with Gasteiger partial charge in [-0.1, -0.05) is 6.07 Å². The first-order chi connectivity index (χ1) is 13.6. The van der Waals surface area contributed by atoms with Gasteiger partial charge in [-0.05, 0) is 55.9 Å². The maximum absolute atomic E-state index is 12.4. The number of carbonyl (C=O) groups is 2. The molecule has 1 aromatic heterocycles. The fourth-order valence-electron chi connectivity index (χ4n) is 3.57. The number of carbonyl (C=O) groups excluding carboxylic acids is 2. The third kappa shape index (κ3) is 3.99. The molecule has 1 amide bonds. The molecule has 2 aliphatic rings. The minimum atomic E-state index is -0.415. The van der Waals surface area contributed by atoms with Gasteiger partial charge in [0.15, 0.2) is 18.1 Å². The Morgan fingerprint density at radius 1 is 1.18 bits per heavy atom. The van der Waals surface area contributed by atoms with E-state index in [0.29, 0.717) is 30.3 Å². The van der Waals surface area contributed by atoms with Crippen LogP contribution in [0.15, 0.2) is 23.6 Å². The van der Waals surface area contributed by atoms with Crippen LogP contribution >= 0.6 is 11.3 Å². The summed E-state index contributed by atoms with van der Waals surface area (Å²) in [4.78, 5) is 25.9. The zero-order valence-electron chi connectivity index (χ0n) is 15.8. The van der Waals surface area contributed by atoms with E-state index in [-0.39, 0.29) is 18.6 Å². The third-order valence-corrected chi connectivity index (χ3v) is 6.15. The molecular weight excluding hydrogens is 378 g/mol. The molecular formula is C21H23NO5S. The highest BCUT2D eigenvalue weighted by molar-refractivity contribution is 7.10. The van der Waals surface area contributed by atoms with Crippen molar-refractivity contribution in [3.05, 3.63) is 45.1 Å². The van der Waals surface area contributed by atoms with Gasteiger partial charge in [-0.15, -0.1) is 11.3 Å². The van der Waals surface area contributed by atoms with Crippen molar-refractivity contribution in [2.24, 2.45) is 0 Å². The van der Waals surface area contributed by atoms with Crippen molar-refractivity contribution in [2.45, 2.75) is 38.6 Å². The summed E-state index contributed by atoms with van der Waals surface area (Å²) in [7, 11) is 0. The molecule has 7 heteroatoms. The topological polar surface area (TPSA) is 73.9 Å². The van der Waals surface area contributed by atoms with E-state index in [1.807, 2.05) is 30.5 Å². The van der Waals surface area contributed by atoms with Gasteiger partial charge >= 0.3 is 5.97 Å². The Bertz CT molecular complexity index is 891. The Labute approximate surface area is 167 Å². The predicted molar refractivity (Wildman–Crippen MR) is 105 cm³/mol. The van der Waals surface area contributed by atoms with Gasteiger partial charge in [0, 0.05) is 10.3 Å². The minimum absolute atomic E-state index is 0.240. The number of fused-ring (bicyclic) bond motifs is 2. The van der Waals surface area contributed by atoms with Crippen LogP contribution in [0.3, 0.4) is 0 Å². The van der Waals surface area contributed by atoms with Gasteiger partial charge in [-0.2, -0.15) is 0 Å².